The van der Waals surface area contributed by atoms with Gasteiger partial charge in [0.05, 0.1) is 5.69 Å². The normalized spacial score (nSPS) is 16.9. The fourth-order valence-corrected chi connectivity index (χ4v) is 2.13. The molecular formula is C12H16N2O. The first-order valence-electron chi connectivity index (χ1n) is 5.59. The second-order valence-electron chi connectivity index (χ2n) is 4.34. The molecule has 15 heavy (non-hydrogen) atoms. The van der Waals surface area contributed by atoms with E-state index < -0.39 is 0 Å². The molecule has 80 valence electrons. The number of carbonyl (C=O) groups is 1. The Hall–Kier alpha value is -1.25. The second kappa shape index (κ2) is 4.51. The van der Waals surface area contributed by atoms with Gasteiger partial charge in [-0.3, -0.25) is 4.79 Å². The minimum absolute atomic E-state index is 0.148. The van der Waals surface area contributed by atoms with Gasteiger partial charge in [-0.05, 0) is 25.0 Å². The van der Waals surface area contributed by atoms with E-state index in [1.165, 1.54) is 25.7 Å². The number of hydrogen-bond acceptors (Lipinski definition) is 3. The summed E-state index contributed by atoms with van der Waals surface area (Å²) in [4.78, 5) is 11.8. The first-order chi connectivity index (χ1) is 7.25. The smallest absolute Gasteiger partial charge is 0.183 e. The van der Waals surface area contributed by atoms with Crippen LogP contribution in [0.1, 0.15) is 48.3 Å². The van der Waals surface area contributed by atoms with E-state index >= 15 is 0 Å². The quantitative estimate of drug-likeness (QED) is 0.710. The summed E-state index contributed by atoms with van der Waals surface area (Å²) in [5.74, 6) is 0.731. The van der Waals surface area contributed by atoms with Crippen molar-refractivity contribution < 1.29 is 4.79 Å². The van der Waals surface area contributed by atoms with Crippen LogP contribution in [-0.4, -0.2) is 16.0 Å². The van der Waals surface area contributed by atoms with Crippen LogP contribution in [0.25, 0.3) is 0 Å². The number of rotatable bonds is 3. The van der Waals surface area contributed by atoms with E-state index in [4.69, 9.17) is 0 Å². The van der Waals surface area contributed by atoms with Gasteiger partial charge >= 0.3 is 0 Å². The Bertz CT molecular complexity index is 339. The zero-order valence-electron chi connectivity index (χ0n) is 9.07. The number of carbonyl (C=O) groups excluding carboxylic acids is 1. The molecule has 1 saturated carbocycles. The number of hydrogen-bond donors (Lipinski definition) is 0. The lowest BCUT2D eigenvalue weighted by Crippen LogP contribution is -2.08. The summed E-state index contributed by atoms with van der Waals surface area (Å²) in [5, 5.41) is 7.82. The van der Waals surface area contributed by atoms with Gasteiger partial charge in [-0.25, -0.2) is 0 Å². The summed E-state index contributed by atoms with van der Waals surface area (Å²) in [6, 6.07) is 3.62. The fourth-order valence-electron chi connectivity index (χ4n) is 2.13. The van der Waals surface area contributed by atoms with E-state index in [1.807, 2.05) is 13.0 Å². The van der Waals surface area contributed by atoms with Crippen LogP contribution < -0.4 is 0 Å². The van der Waals surface area contributed by atoms with Gasteiger partial charge in [0.1, 0.15) is 5.69 Å². The van der Waals surface area contributed by atoms with Crippen molar-refractivity contribution in [3.8, 4) is 0 Å². The average Bonchev–Trinajstić information content (AvgIpc) is 2.71. The van der Waals surface area contributed by atoms with E-state index in [1.54, 1.807) is 6.07 Å². The van der Waals surface area contributed by atoms with Crippen LogP contribution in [0.2, 0.25) is 0 Å². The standard InChI is InChI=1S/C12H16N2O/c1-9-6-7-11(14-13-9)12(15)8-10-4-2-3-5-10/h6-7,10H,2-5,8H2,1H3. The van der Waals surface area contributed by atoms with Crippen molar-refractivity contribution in [2.75, 3.05) is 0 Å². The highest BCUT2D eigenvalue weighted by Crippen LogP contribution is 2.28. The average molecular weight is 204 g/mol. The van der Waals surface area contributed by atoms with Gasteiger partial charge < -0.3 is 0 Å². The van der Waals surface area contributed by atoms with Crippen LogP contribution >= 0.6 is 0 Å². The maximum absolute atomic E-state index is 11.8. The van der Waals surface area contributed by atoms with Gasteiger partial charge in [-0.15, -0.1) is 5.10 Å². The summed E-state index contributed by atoms with van der Waals surface area (Å²) in [5.41, 5.74) is 1.37. The molecule has 0 bridgehead atoms. The third kappa shape index (κ3) is 2.61. The van der Waals surface area contributed by atoms with E-state index in [2.05, 4.69) is 10.2 Å². The van der Waals surface area contributed by atoms with E-state index in [-0.39, 0.29) is 5.78 Å². The number of aromatic nitrogens is 2. The molecule has 1 aromatic rings. The first-order valence-corrected chi connectivity index (χ1v) is 5.59. The van der Waals surface area contributed by atoms with Crippen LogP contribution in [0.3, 0.4) is 0 Å². The summed E-state index contributed by atoms with van der Waals surface area (Å²) in [7, 11) is 0. The zero-order chi connectivity index (χ0) is 10.7. The Labute approximate surface area is 89.9 Å². The van der Waals surface area contributed by atoms with Crippen molar-refractivity contribution in [2.24, 2.45) is 5.92 Å². The summed E-state index contributed by atoms with van der Waals surface area (Å²) >= 11 is 0. The molecule has 3 nitrogen and oxygen atoms in total. The molecule has 0 aromatic carbocycles. The lowest BCUT2D eigenvalue weighted by atomic mass is 9.99. The topological polar surface area (TPSA) is 42.9 Å². The molecular weight excluding hydrogens is 188 g/mol. The number of aryl methyl sites for hydroxylation is 1. The van der Waals surface area contributed by atoms with Gasteiger partial charge in [0.2, 0.25) is 0 Å². The Kier molecular flexibility index (Phi) is 3.09. The van der Waals surface area contributed by atoms with Crippen LogP contribution in [0.4, 0.5) is 0 Å². The van der Waals surface area contributed by atoms with Crippen LogP contribution in [-0.2, 0) is 0 Å². The van der Waals surface area contributed by atoms with Gasteiger partial charge in [0.25, 0.3) is 0 Å². The molecule has 0 spiro atoms. The fraction of sp³-hybridized carbons (Fsp3) is 0.583. The van der Waals surface area contributed by atoms with Crippen molar-refractivity contribution in [2.45, 2.75) is 39.0 Å². The maximum atomic E-state index is 11.8. The molecule has 0 saturated heterocycles. The van der Waals surface area contributed by atoms with Crippen molar-refractivity contribution in [3.63, 3.8) is 0 Å². The third-order valence-corrected chi connectivity index (χ3v) is 3.03. The highest BCUT2D eigenvalue weighted by atomic mass is 16.1. The number of ketones is 1. The van der Waals surface area contributed by atoms with Gasteiger partial charge in [0, 0.05) is 6.42 Å². The molecule has 0 unspecified atom stereocenters. The second-order valence-corrected chi connectivity index (χ2v) is 4.34. The predicted octanol–water partition coefficient (Wildman–Crippen LogP) is 2.55. The molecule has 1 fully saturated rings. The summed E-state index contributed by atoms with van der Waals surface area (Å²) in [6.45, 7) is 1.87. The molecule has 1 aromatic heterocycles. The molecule has 1 aliphatic rings. The summed E-state index contributed by atoms with van der Waals surface area (Å²) in [6.07, 6.45) is 5.60. The molecule has 0 amide bonds. The zero-order valence-corrected chi connectivity index (χ0v) is 9.07. The van der Waals surface area contributed by atoms with Crippen molar-refractivity contribution in [1.82, 2.24) is 10.2 Å². The Morgan fingerprint density at radius 3 is 2.67 bits per heavy atom. The van der Waals surface area contributed by atoms with Gasteiger partial charge in [0.15, 0.2) is 5.78 Å². The van der Waals surface area contributed by atoms with Crippen LogP contribution in [0, 0.1) is 12.8 Å². The first kappa shape index (κ1) is 10.3. The molecule has 3 heteroatoms. The number of nitrogens with zero attached hydrogens (tertiary/aromatic N) is 2. The lowest BCUT2D eigenvalue weighted by Gasteiger charge is -2.06. The molecule has 0 aliphatic heterocycles. The molecule has 0 N–H and O–H groups in total. The van der Waals surface area contributed by atoms with E-state index in [0.29, 0.717) is 18.0 Å². The van der Waals surface area contributed by atoms with Gasteiger partial charge in [-0.1, -0.05) is 25.7 Å². The lowest BCUT2D eigenvalue weighted by molar-refractivity contribution is 0.0956. The minimum Gasteiger partial charge on any atom is -0.292 e. The monoisotopic (exact) mass is 204 g/mol. The highest BCUT2D eigenvalue weighted by Gasteiger charge is 2.19. The summed E-state index contributed by atoms with van der Waals surface area (Å²) < 4.78 is 0. The van der Waals surface area contributed by atoms with E-state index in [0.717, 1.165) is 5.69 Å². The minimum atomic E-state index is 0.148. The van der Waals surface area contributed by atoms with Crippen molar-refractivity contribution in [3.05, 3.63) is 23.5 Å². The maximum Gasteiger partial charge on any atom is 0.183 e. The predicted molar refractivity (Wildman–Crippen MR) is 57.7 cm³/mol. The third-order valence-electron chi connectivity index (χ3n) is 3.03. The Balaban J connectivity index is 1.98. The Morgan fingerprint density at radius 1 is 1.33 bits per heavy atom. The van der Waals surface area contributed by atoms with Crippen LogP contribution in [0.5, 0.6) is 0 Å². The van der Waals surface area contributed by atoms with Crippen molar-refractivity contribution >= 4 is 5.78 Å². The van der Waals surface area contributed by atoms with E-state index in [9.17, 15) is 4.79 Å². The molecule has 0 radical (unpaired) electrons. The largest absolute Gasteiger partial charge is 0.292 e. The SMILES string of the molecule is Cc1ccc(C(=O)CC2CCCC2)nn1. The number of Topliss-reactive ketones (excluding diaryl/α,β-unsaturated/α-hetero) is 1. The highest BCUT2D eigenvalue weighted by molar-refractivity contribution is 5.94. The molecule has 2 rings (SSSR count). The molecule has 1 heterocycles. The van der Waals surface area contributed by atoms with Gasteiger partial charge in [-0.2, -0.15) is 5.10 Å². The molecule has 0 atom stereocenters. The van der Waals surface area contributed by atoms with Crippen molar-refractivity contribution in [1.29, 1.82) is 0 Å². The molecule has 1 aliphatic carbocycles. The van der Waals surface area contributed by atoms with Crippen LogP contribution in [0.15, 0.2) is 12.1 Å². The Morgan fingerprint density at radius 2 is 2.07 bits per heavy atom.